The molecule has 0 radical (unpaired) electrons. The first-order valence-electron chi connectivity index (χ1n) is 4.92. The molecule has 5 heteroatoms. The molecule has 3 nitrogen and oxygen atoms in total. The highest BCUT2D eigenvalue weighted by molar-refractivity contribution is 9.10. The summed E-state index contributed by atoms with van der Waals surface area (Å²) >= 11 is 4.94. The van der Waals surface area contributed by atoms with Gasteiger partial charge in [-0.15, -0.1) is 11.8 Å². The second-order valence-electron chi connectivity index (χ2n) is 4.31. The smallest absolute Gasteiger partial charge is 0.235 e. The number of amides is 1. The summed E-state index contributed by atoms with van der Waals surface area (Å²) in [6.45, 7) is 6.26. The molecule has 1 N–H and O–H groups in total. The molecule has 1 rings (SSSR count). The molecule has 0 aliphatic heterocycles. The molecule has 1 heterocycles. The van der Waals surface area contributed by atoms with Gasteiger partial charge in [0.25, 0.3) is 0 Å². The second-order valence-corrected chi connectivity index (χ2v) is 7.03. The van der Waals surface area contributed by atoms with Crippen LogP contribution in [-0.4, -0.2) is 21.4 Å². The number of nitrogens with zero attached hydrogens (tertiary/aromatic N) is 1. The van der Waals surface area contributed by atoms with Gasteiger partial charge >= 0.3 is 0 Å². The number of carbonyl (C=O) groups excluding carboxylic acids is 1. The summed E-state index contributed by atoms with van der Waals surface area (Å²) in [7, 11) is 0. The molecule has 0 bridgehead atoms. The van der Waals surface area contributed by atoms with E-state index in [9.17, 15) is 4.79 Å². The molecule has 0 atom stereocenters. The molecule has 0 saturated heterocycles. The predicted molar refractivity (Wildman–Crippen MR) is 72.8 cm³/mol. The Bertz CT molecular complexity index is 376. The monoisotopic (exact) mass is 302 g/mol. The Morgan fingerprint density at radius 2 is 2.25 bits per heavy atom. The summed E-state index contributed by atoms with van der Waals surface area (Å²) in [5, 5.41) is 2.75. The van der Waals surface area contributed by atoms with E-state index in [1.807, 2.05) is 6.07 Å². The molecule has 1 amide bonds. The van der Waals surface area contributed by atoms with Crippen molar-refractivity contribution < 1.29 is 4.79 Å². The molecule has 1 aromatic rings. The second kappa shape index (κ2) is 5.68. The van der Waals surface area contributed by atoms with Crippen molar-refractivity contribution in [3.8, 4) is 0 Å². The number of anilines is 1. The van der Waals surface area contributed by atoms with Crippen molar-refractivity contribution in [2.24, 2.45) is 0 Å². The van der Waals surface area contributed by atoms with Crippen molar-refractivity contribution in [2.75, 3.05) is 11.1 Å². The van der Waals surface area contributed by atoms with Crippen LogP contribution in [-0.2, 0) is 4.79 Å². The third-order valence-corrected chi connectivity index (χ3v) is 3.39. The number of thioether (sulfide) groups is 1. The highest BCUT2D eigenvalue weighted by atomic mass is 79.9. The lowest BCUT2D eigenvalue weighted by atomic mass is 10.3. The van der Waals surface area contributed by atoms with Crippen LogP contribution in [0.1, 0.15) is 20.8 Å². The van der Waals surface area contributed by atoms with Crippen LogP contribution >= 0.6 is 27.7 Å². The van der Waals surface area contributed by atoms with Crippen molar-refractivity contribution in [3.05, 3.63) is 22.8 Å². The van der Waals surface area contributed by atoms with E-state index in [0.29, 0.717) is 11.6 Å². The SMILES string of the molecule is CC(C)(C)SCC(=O)Nc1cc(Br)ccn1. The van der Waals surface area contributed by atoms with Crippen LogP contribution in [0.5, 0.6) is 0 Å². The largest absolute Gasteiger partial charge is 0.310 e. The van der Waals surface area contributed by atoms with Gasteiger partial charge in [-0.25, -0.2) is 4.98 Å². The number of carbonyl (C=O) groups is 1. The molecule has 0 aliphatic carbocycles. The van der Waals surface area contributed by atoms with Crippen LogP contribution in [0.15, 0.2) is 22.8 Å². The first-order valence-corrected chi connectivity index (χ1v) is 6.70. The number of aromatic nitrogens is 1. The van der Waals surface area contributed by atoms with Crippen LogP contribution in [0.3, 0.4) is 0 Å². The molecule has 0 fully saturated rings. The van der Waals surface area contributed by atoms with E-state index >= 15 is 0 Å². The van der Waals surface area contributed by atoms with Gasteiger partial charge in [0.05, 0.1) is 5.75 Å². The number of halogens is 1. The van der Waals surface area contributed by atoms with Crippen LogP contribution in [0.25, 0.3) is 0 Å². The molecule has 0 aliphatic rings. The maximum absolute atomic E-state index is 11.6. The summed E-state index contributed by atoms with van der Waals surface area (Å²) in [5.74, 6) is 0.997. The molecular weight excluding hydrogens is 288 g/mol. The predicted octanol–water partition coefficient (Wildman–Crippen LogP) is 3.31. The van der Waals surface area contributed by atoms with Crippen molar-refractivity contribution in [3.63, 3.8) is 0 Å². The van der Waals surface area contributed by atoms with Gasteiger partial charge in [-0.1, -0.05) is 36.7 Å². The standard InChI is InChI=1S/C11H15BrN2OS/c1-11(2,3)16-7-10(15)14-9-6-8(12)4-5-13-9/h4-6H,7H2,1-3H3,(H,13,14,15). The zero-order chi connectivity index (χ0) is 12.2. The summed E-state index contributed by atoms with van der Waals surface area (Å²) in [6, 6.07) is 3.60. The number of pyridine rings is 1. The summed E-state index contributed by atoms with van der Waals surface area (Å²) in [4.78, 5) is 15.6. The molecule has 0 saturated carbocycles. The Hall–Kier alpha value is -0.550. The van der Waals surface area contributed by atoms with E-state index in [0.717, 1.165) is 4.47 Å². The molecule has 1 aromatic heterocycles. The van der Waals surface area contributed by atoms with Crippen LogP contribution < -0.4 is 5.32 Å². The zero-order valence-corrected chi connectivity index (χ0v) is 12.0. The van der Waals surface area contributed by atoms with Gasteiger partial charge in [0.15, 0.2) is 0 Å². The molecule has 0 unspecified atom stereocenters. The Morgan fingerprint density at radius 1 is 1.56 bits per heavy atom. The fourth-order valence-corrected chi connectivity index (χ4v) is 1.91. The highest BCUT2D eigenvalue weighted by Gasteiger charge is 2.13. The molecule has 0 aromatic carbocycles. The van der Waals surface area contributed by atoms with Gasteiger partial charge in [-0.3, -0.25) is 4.79 Å². The van der Waals surface area contributed by atoms with E-state index in [1.54, 1.807) is 24.0 Å². The third kappa shape index (κ3) is 5.51. The van der Waals surface area contributed by atoms with Crippen LogP contribution in [0, 0.1) is 0 Å². The minimum atomic E-state index is -0.0227. The van der Waals surface area contributed by atoms with E-state index in [1.165, 1.54) is 0 Å². The normalized spacial score (nSPS) is 11.2. The summed E-state index contributed by atoms with van der Waals surface area (Å²) in [5.41, 5.74) is 0. The van der Waals surface area contributed by atoms with Crippen molar-refractivity contribution in [2.45, 2.75) is 25.5 Å². The van der Waals surface area contributed by atoms with Crippen molar-refractivity contribution >= 4 is 39.4 Å². The summed E-state index contributed by atoms with van der Waals surface area (Å²) in [6.07, 6.45) is 1.65. The van der Waals surface area contributed by atoms with Crippen LogP contribution in [0.4, 0.5) is 5.82 Å². The minimum Gasteiger partial charge on any atom is -0.310 e. The van der Waals surface area contributed by atoms with Crippen molar-refractivity contribution in [1.82, 2.24) is 4.98 Å². The van der Waals surface area contributed by atoms with Gasteiger partial charge in [-0.05, 0) is 12.1 Å². The third-order valence-electron chi connectivity index (χ3n) is 1.63. The van der Waals surface area contributed by atoms with E-state index in [-0.39, 0.29) is 10.7 Å². The van der Waals surface area contributed by atoms with E-state index in [2.05, 4.69) is 47.0 Å². The quantitative estimate of drug-likeness (QED) is 0.931. The molecule has 0 spiro atoms. The molecular formula is C11H15BrN2OS. The lowest BCUT2D eigenvalue weighted by molar-refractivity contribution is -0.113. The first kappa shape index (κ1) is 13.5. The van der Waals surface area contributed by atoms with Crippen LogP contribution in [0.2, 0.25) is 0 Å². The van der Waals surface area contributed by atoms with E-state index in [4.69, 9.17) is 0 Å². The number of hydrogen-bond acceptors (Lipinski definition) is 3. The Balaban J connectivity index is 2.46. The maximum Gasteiger partial charge on any atom is 0.235 e. The average Bonchev–Trinajstić information content (AvgIpc) is 2.14. The van der Waals surface area contributed by atoms with E-state index < -0.39 is 0 Å². The lowest BCUT2D eigenvalue weighted by Gasteiger charge is -2.16. The topological polar surface area (TPSA) is 42.0 Å². The van der Waals surface area contributed by atoms with Gasteiger partial charge in [0.2, 0.25) is 5.91 Å². The fourth-order valence-electron chi connectivity index (χ4n) is 0.934. The maximum atomic E-state index is 11.6. The summed E-state index contributed by atoms with van der Waals surface area (Å²) < 4.78 is 1.00. The Kier molecular flexibility index (Phi) is 4.80. The first-order chi connectivity index (χ1) is 7.37. The number of nitrogens with one attached hydrogen (secondary N) is 1. The molecule has 16 heavy (non-hydrogen) atoms. The molecule has 88 valence electrons. The fraction of sp³-hybridized carbons (Fsp3) is 0.455. The lowest BCUT2D eigenvalue weighted by Crippen LogP contribution is -2.19. The Morgan fingerprint density at radius 3 is 2.81 bits per heavy atom. The van der Waals surface area contributed by atoms with Gasteiger partial charge in [0, 0.05) is 15.4 Å². The van der Waals surface area contributed by atoms with Gasteiger partial charge in [-0.2, -0.15) is 0 Å². The van der Waals surface area contributed by atoms with Gasteiger partial charge < -0.3 is 5.32 Å². The van der Waals surface area contributed by atoms with Crippen molar-refractivity contribution in [1.29, 1.82) is 0 Å². The minimum absolute atomic E-state index is 0.0227. The average molecular weight is 303 g/mol. The van der Waals surface area contributed by atoms with Gasteiger partial charge in [0.1, 0.15) is 5.82 Å². The number of rotatable bonds is 3. The zero-order valence-electron chi connectivity index (χ0n) is 9.58. The number of hydrogen-bond donors (Lipinski definition) is 1. The Labute approximate surface area is 109 Å². The highest BCUT2D eigenvalue weighted by Crippen LogP contribution is 2.23.